The molecule has 6 heteroatoms. The average Bonchev–Trinajstić information content (AvgIpc) is 3.28. The van der Waals surface area contributed by atoms with Crippen LogP contribution in [0, 0.1) is 12.3 Å². The van der Waals surface area contributed by atoms with Gasteiger partial charge in [-0.3, -0.25) is 9.48 Å². The zero-order valence-corrected chi connectivity index (χ0v) is 14.1. The molecule has 0 saturated heterocycles. The van der Waals surface area contributed by atoms with Gasteiger partial charge in [-0.05, 0) is 11.6 Å². The van der Waals surface area contributed by atoms with E-state index >= 15 is 0 Å². The summed E-state index contributed by atoms with van der Waals surface area (Å²) >= 11 is 0. The predicted molar refractivity (Wildman–Crippen MR) is 94.5 cm³/mol. The molecular formula is C19H21N5O. The summed E-state index contributed by atoms with van der Waals surface area (Å²) in [6, 6.07) is 12.1. The first-order chi connectivity index (χ1) is 12.2. The minimum absolute atomic E-state index is 0.0185. The second-order valence-corrected chi connectivity index (χ2v) is 6.15. The molecule has 6 nitrogen and oxygen atoms in total. The molecule has 2 aromatic rings. The van der Waals surface area contributed by atoms with Crippen LogP contribution in [0.2, 0.25) is 0 Å². The van der Waals surface area contributed by atoms with Crippen LogP contribution in [0.15, 0.2) is 52.8 Å². The molecule has 3 rings (SSSR count). The Balaban J connectivity index is 1.40. The number of aromatic nitrogens is 2. The molecule has 25 heavy (non-hydrogen) atoms. The number of hydrogen-bond donors (Lipinski definition) is 1. The van der Waals surface area contributed by atoms with E-state index in [1.165, 1.54) is 5.56 Å². The summed E-state index contributed by atoms with van der Waals surface area (Å²) in [6.07, 6.45) is 9.54. The Hall–Kier alpha value is -2.94. The molecule has 1 aliphatic heterocycles. The number of rotatable bonds is 9. The van der Waals surface area contributed by atoms with Crippen LogP contribution in [-0.2, 0) is 17.9 Å². The topological polar surface area (TPSA) is 71.6 Å². The lowest BCUT2D eigenvalue weighted by molar-refractivity contribution is -0.121. The smallest absolute Gasteiger partial charge is 0.220 e. The highest BCUT2D eigenvalue weighted by atomic mass is 16.1. The summed E-state index contributed by atoms with van der Waals surface area (Å²) in [4.78, 5) is 12.0. The highest BCUT2D eigenvalue weighted by molar-refractivity contribution is 5.75. The van der Waals surface area contributed by atoms with Gasteiger partial charge >= 0.3 is 0 Å². The van der Waals surface area contributed by atoms with Gasteiger partial charge in [0.2, 0.25) is 5.91 Å². The van der Waals surface area contributed by atoms with Crippen molar-refractivity contribution in [3.05, 3.63) is 53.9 Å². The van der Waals surface area contributed by atoms with E-state index in [1.54, 1.807) is 0 Å². The monoisotopic (exact) mass is 335 g/mol. The molecule has 0 saturated carbocycles. The molecule has 1 amide bonds. The van der Waals surface area contributed by atoms with Crippen molar-refractivity contribution in [3.8, 4) is 12.3 Å². The fourth-order valence-electron chi connectivity index (χ4n) is 2.62. The summed E-state index contributed by atoms with van der Waals surface area (Å²) < 4.78 is 1.87. The fraction of sp³-hybridized carbons (Fsp3) is 0.368. The normalized spacial score (nSPS) is 14.0. The molecule has 1 aromatic heterocycles. The summed E-state index contributed by atoms with van der Waals surface area (Å²) in [5, 5.41) is 15.5. The van der Waals surface area contributed by atoms with Gasteiger partial charge in [-0.25, -0.2) is 0 Å². The third-order valence-electron chi connectivity index (χ3n) is 4.15. The van der Waals surface area contributed by atoms with Gasteiger partial charge in [-0.2, -0.15) is 15.3 Å². The minimum atomic E-state index is -0.402. The van der Waals surface area contributed by atoms with Gasteiger partial charge < -0.3 is 5.32 Å². The molecule has 0 atom stereocenters. The quantitative estimate of drug-likeness (QED) is 0.716. The minimum Gasteiger partial charge on any atom is -0.350 e. The van der Waals surface area contributed by atoms with Crippen LogP contribution in [-0.4, -0.2) is 21.4 Å². The van der Waals surface area contributed by atoms with E-state index in [0.29, 0.717) is 25.8 Å². The van der Waals surface area contributed by atoms with E-state index in [9.17, 15) is 4.79 Å². The number of carbonyl (C=O) groups excluding carboxylic acids is 1. The van der Waals surface area contributed by atoms with Crippen LogP contribution in [0.3, 0.4) is 0 Å². The number of terminal acetylenes is 1. The summed E-state index contributed by atoms with van der Waals surface area (Å²) in [5.41, 5.74) is 1.63. The lowest BCUT2D eigenvalue weighted by atomic mass is 10.0. The third-order valence-corrected chi connectivity index (χ3v) is 4.15. The molecule has 0 spiro atoms. The summed E-state index contributed by atoms with van der Waals surface area (Å²) in [6.45, 7) is 1.14. The molecule has 0 fully saturated rings. The standard InChI is InChI=1S/C19H21N5O/c1-2-3-11-19(22-23-19)12-9-18(25)20-14-17-10-13-24(21-17)15-16-7-5-4-6-8-16/h1,4-8,10,13H,3,9,11-12,14-15H2,(H,20,25). The maximum Gasteiger partial charge on any atom is 0.220 e. The molecule has 1 N–H and O–H groups in total. The zero-order valence-electron chi connectivity index (χ0n) is 14.1. The highest BCUT2D eigenvalue weighted by Gasteiger charge is 2.39. The first kappa shape index (κ1) is 16.9. The van der Waals surface area contributed by atoms with Crippen molar-refractivity contribution < 1.29 is 4.79 Å². The predicted octanol–water partition coefficient (Wildman–Crippen LogP) is 2.90. The Kier molecular flexibility index (Phi) is 5.24. The van der Waals surface area contributed by atoms with Gasteiger partial charge in [0.05, 0.1) is 18.8 Å². The molecule has 0 unspecified atom stereocenters. The maximum atomic E-state index is 12.0. The van der Waals surface area contributed by atoms with Crippen molar-refractivity contribution in [2.75, 3.05) is 0 Å². The van der Waals surface area contributed by atoms with Crippen LogP contribution in [0.4, 0.5) is 0 Å². The molecular weight excluding hydrogens is 314 g/mol. The molecule has 0 aliphatic carbocycles. The third kappa shape index (κ3) is 5.01. The van der Waals surface area contributed by atoms with Crippen molar-refractivity contribution >= 4 is 5.91 Å². The maximum absolute atomic E-state index is 12.0. The molecule has 0 radical (unpaired) electrons. The lowest BCUT2D eigenvalue weighted by Gasteiger charge is -2.08. The molecule has 2 heterocycles. The second kappa shape index (κ2) is 7.75. The van der Waals surface area contributed by atoms with Crippen LogP contribution < -0.4 is 5.32 Å². The van der Waals surface area contributed by atoms with Gasteiger partial charge in [0, 0.05) is 31.9 Å². The van der Waals surface area contributed by atoms with Gasteiger partial charge in [0.15, 0.2) is 5.66 Å². The Morgan fingerprint density at radius 2 is 2.00 bits per heavy atom. The van der Waals surface area contributed by atoms with E-state index < -0.39 is 5.66 Å². The SMILES string of the molecule is C#CCCC1(CCC(=O)NCc2ccn(Cc3ccccc3)n2)N=N1. The number of nitrogens with zero attached hydrogens (tertiary/aromatic N) is 4. The van der Waals surface area contributed by atoms with Crippen molar-refractivity contribution in [2.24, 2.45) is 10.2 Å². The Labute approximate surface area is 147 Å². The van der Waals surface area contributed by atoms with Crippen LogP contribution in [0.1, 0.15) is 36.9 Å². The lowest BCUT2D eigenvalue weighted by Crippen LogP contribution is -2.25. The van der Waals surface area contributed by atoms with Crippen molar-refractivity contribution in [2.45, 2.75) is 44.4 Å². The van der Waals surface area contributed by atoms with Gasteiger partial charge in [-0.15, -0.1) is 12.3 Å². The highest BCUT2D eigenvalue weighted by Crippen LogP contribution is 2.37. The second-order valence-electron chi connectivity index (χ2n) is 6.15. The molecule has 1 aromatic carbocycles. The van der Waals surface area contributed by atoms with Crippen molar-refractivity contribution in [1.82, 2.24) is 15.1 Å². The van der Waals surface area contributed by atoms with Gasteiger partial charge in [0.25, 0.3) is 0 Å². The molecule has 0 bridgehead atoms. The van der Waals surface area contributed by atoms with Crippen molar-refractivity contribution in [3.63, 3.8) is 0 Å². The van der Waals surface area contributed by atoms with E-state index in [1.807, 2.05) is 35.1 Å². The van der Waals surface area contributed by atoms with Gasteiger partial charge in [-0.1, -0.05) is 30.3 Å². The number of amides is 1. The number of hydrogen-bond acceptors (Lipinski definition) is 4. The number of benzene rings is 1. The average molecular weight is 335 g/mol. The largest absolute Gasteiger partial charge is 0.350 e. The van der Waals surface area contributed by atoms with Crippen LogP contribution >= 0.6 is 0 Å². The molecule has 128 valence electrons. The summed E-state index contributed by atoms with van der Waals surface area (Å²) in [7, 11) is 0. The Bertz CT molecular complexity index is 782. The Morgan fingerprint density at radius 1 is 1.20 bits per heavy atom. The fourth-order valence-corrected chi connectivity index (χ4v) is 2.62. The van der Waals surface area contributed by atoms with Crippen LogP contribution in [0.25, 0.3) is 0 Å². The first-order valence-corrected chi connectivity index (χ1v) is 8.40. The van der Waals surface area contributed by atoms with Gasteiger partial charge in [0.1, 0.15) is 0 Å². The van der Waals surface area contributed by atoms with Crippen LogP contribution in [0.5, 0.6) is 0 Å². The zero-order chi connectivity index (χ0) is 17.5. The van der Waals surface area contributed by atoms with E-state index in [2.05, 4.69) is 38.7 Å². The first-order valence-electron chi connectivity index (χ1n) is 8.40. The summed E-state index contributed by atoms with van der Waals surface area (Å²) in [5.74, 6) is 2.57. The van der Waals surface area contributed by atoms with E-state index in [0.717, 1.165) is 18.7 Å². The van der Waals surface area contributed by atoms with E-state index in [-0.39, 0.29) is 5.91 Å². The number of carbonyl (C=O) groups is 1. The Morgan fingerprint density at radius 3 is 2.72 bits per heavy atom. The van der Waals surface area contributed by atoms with Crippen molar-refractivity contribution in [1.29, 1.82) is 0 Å². The number of nitrogens with one attached hydrogen (secondary N) is 1. The van der Waals surface area contributed by atoms with E-state index in [4.69, 9.17) is 6.42 Å². The molecule has 1 aliphatic rings.